The van der Waals surface area contributed by atoms with Gasteiger partial charge in [-0.3, -0.25) is 15.6 Å². The number of hydrogen-bond donors (Lipinski definition) is 3. The van der Waals surface area contributed by atoms with Crippen LogP contribution in [-0.4, -0.2) is 53.6 Å². The second-order valence-corrected chi connectivity index (χ2v) is 10.4. The first-order chi connectivity index (χ1) is 14.4. The van der Waals surface area contributed by atoms with Gasteiger partial charge in [-0.2, -0.15) is 0 Å². The Labute approximate surface area is 192 Å². The molecule has 0 unspecified atom stereocenters. The van der Waals surface area contributed by atoms with Gasteiger partial charge in [-0.25, -0.2) is 14.4 Å². The van der Waals surface area contributed by atoms with E-state index < -0.39 is 35.1 Å². The monoisotopic (exact) mass is 458 g/mol. The number of guanidine groups is 1. The highest BCUT2D eigenvalue weighted by Crippen LogP contribution is 2.10. The number of rotatable bonds is 6. The van der Waals surface area contributed by atoms with E-state index in [1.165, 1.54) is 0 Å². The van der Waals surface area contributed by atoms with Crippen LogP contribution in [0.25, 0.3) is 0 Å². The number of carbonyl (C=O) groups is 3. The molecule has 0 aromatic rings. The lowest BCUT2D eigenvalue weighted by atomic mass is 10.1. The normalized spacial score (nSPS) is 12.8. The Hall–Kier alpha value is -2.52. The third kappa shape index (κ3) is 17.2. The molecule has 0 aliphatic rings. The summed E-state index contributed by atoms with van der Waals surface area (Å²) in [5.41, 5.74) is -1.98. The molecular weight excluding hydrogens is 416 g/mol. The Balaban J connectivity index is 4.95. The maximum absolute atomic E-state index is 12.1. The van der Waals surface area contributed by atoms with Gasteiger partial charge < -0.3 is 19.5 Å². The van der Waals surface area contributed by atoms with E-state index in [0.717, 1.165) is 6.42 Å². The summed E-state index contributed by atoms with van der Waals surface area (Å²) in [6.45, 7) is 18.1. The molecule has 0 rings (SSSR count). The SMILES string of the molecule is CC[C@H](CCCN=C(NC(=O)OC(C)(C)C)NC(=O)OC(C)(C)C)NC(=O)OC(C)(C)C. The minimum absolute atomic E-state index is 0.0679. The van der Waals surface area contributed by atoms with Gasteiger partial charge in [0.25, 0.3) is 0 Å². The van der Waals surface area contributed by atoms with E-state index in [0.29, 0.717) is 19.4 Å². The first-order valence-corrected chi connectivity index (χ1v) is 10.9. The van der Waals surface area contributed by atoms with Crippen LogP contribution in [0.15, 0.2) is 4.99 Å². The van der Waals surface area contributed by atoms with Crippen LogP contribution in [0, 0.1) is 0 Å². The molecule has 10 heteroatoms. The maximum Gasteiger partial charge on any atom is 0.414 e. The highest BCUT2D eigenvalue weighted by atomic mass is 16.6. The van der Waals surface area contributed by atoms with Gasteiger partial charge in [0, 0.05) is 12.6 Å². The van der Waals surface area contributed by atoms with Crippen molar-refractivity contribution in [2.45, 2.75) is 111 Å². The molecule has 0 saturated heterocycles. The molecule has 0 aromatic carbocycles. The van der Waals surface area contributed by atoms with Gasteiger partial charge in [0.2, 0.25) is 5.96 Å². The Morgan fingerprint density at radius 1 is 0.750 bits per heavy atom. The summed E-state index contributed by atoms with van der Waals surface area (Å²) in [5, 5.41) is 7.71. The Bertz CT molecular complexity index is 625. The van der Waals surface area contributed by atoms with E-state index in [-0.39, 0.29) is 12.0 Å². The molecule has 0 aromatic heterocycles. The number of nitrogens with one attached hydrogen (secondary N) is 3. The number of aliphatic imine (C=N–C) groups is 1. The molecule has 0 spiro atoms. The van der Waals surface area contributed by atoms with E-state index >= 15 is 0 Å². The van der Waals surface area contributed by atoms with Crippen LogP contribution in [0.2, 0.25) is 0 Å². The number of nitrogens with zero attached hydrogens (tertiary/aromatic N) is 1. The standard InChI is InChI=1S/C22H42N4O6/c1-11-15(24-17(27)30-20(2,3)4)13-12-14-23-16(25-18(28)31-21(5,6)7)26-19(29)32-22(8,9)10/h15H,11-14H2,1-10H3,(H,24,27)(H2,23,25,26,28,29)/t15-/m1/s1. The second-order valence-electron chi connectivity index (χ2n) is 10.4. The fraction of sp³-hybridized carbons (Fsp3) is 0.818. The molecule has 32 heavy (non-hydrogen) atoms. The van der Waals surface area contributed by atoms with Crippen molar-refractivity contribution in [3.63, 3.8) is 0 Å². The summed E-state index contributed by atoms with van der Waals surface area (Å²) < 4.78 is 15.7. The van der Waals surface area contributed by atoms with Crippen molar-refractivity contribution in [2.75, 3.05) is 6.54 Å². The molecule has 3 amide bonds. The number of ether oxygens (including phenoxy) is 3. The first kappa shape index (κ1) is 29.5. The van der Waals surface area contributed by atoms with Gasteiger partial charge >= 0.3 is 18.3 Å². The molecule has 0 aliphatic carbocycles. The van der Waals surface area contributed by atoms with Crippen LogP contribution >= 0.6 is 0 Å². The Kier molecular flexibility index (Phi) is 11.5. The van der Waals surface area contributed by atoms with Crippen molar-refractivity contribution >= 4 is 24.2 Å². The van der Waals surface area contributed by atoms with Gasteiger partial charge in [-0.05, 0) is 81.6 Å². The zero-order valence-corrected chi connectivity index (χ0v) is 21.3. The summed E-state index contributed by atoms with van der Waals surface area (Å²) in [4.78, 5) is 40.4. The van der Waals surface area contributed by atoms with Crippen molar-refractivity contribution in [1.29, 1.82) is 0 Å². The van der Waals surface area contributed by atoms with E-state index in [4.69, 9.17) is 14.2 Å². The van der Waals surface area contributed by atoms with Gasteiger partial charge in [0.15, 0.2) is 0 Å². The van der Waals surface area contributed by atoms with E-state index in [9.17, 15) is 14.4 Å². The summed E-state index contributed by atoms with van der Waals surface area (Å²) >= 11 is 0. The second kappa shape index (κ2) is 12.5. The van der Waals surface area contributed by atoms with Gasteiger partial charge in [-0.1, -0.05) is 6.92 Å². The summed E-state index contributed by atoms with van der Waals surface area (Å²) in [5.74, 6) is -0.0679. The average molecular weight is 459 g/mol. The van der Waals surface area contributed by atoms with Gasteiger partial charge in [-0.15, -0.1) is 0 Å². The molecular formula is C22H42N4O6. The molecule has 0 aliphatic heterocycles. The lowest BCUT2D eigenvalue weighted by Gasteiger charge is -2.23. The predicted octanol–water partition coefficient (Wildman–Crippen LogP) is 4.48. The number of amides is 3. The highest BCUT2D eigenvalue weighted by molar-refractivity contribution is 6.01. The molecule has 186 valence electrons. The molecule has 0 fully saturated rings. The summed E-state index contributed by atoms with van der Waals surface area (Å²) in [6.07, 6.45) is 0.0135. The topological polar surface area (TPSA) is 127 Å². The van der Waals surface area contributed by atoms with Crippen LogP contribution in [-0.2, 0) is 14.2 Å². The van der Waals surface area contributed by atoms with Gasteiger partial charge in [0.1, 0.15) is 16.8 Å². The van der Waals surface area contributed by atoms with Crippen molar-refractivity contribution in [3.8, 4) is 0 Å². The van der Waals surface area contributed by atoms with Crippen LogP contribution in [0.1, 0.15) is 88.5 Å². The highest BCUT2D eigenvalue weighted by Gasteiger charge is 2.21. The summed E-state index contributed by atoms with van der Waals surface area (Å²) in [6, 6.07) is -0.0823. The zero-order chi connectivity index (χ0) is 25.2. The summed E-state index contributed by atoms with van der Waals surface area (Å²) in [7, 11) is 0. The largest absolute Gasteiger partial charge is 0.444 e. The van der Waals surface area contributed by atoms with Crippen LogP contribution < -0.4 is 16.0 Å². The van der Waals surface area contributed by atoms with Crippen LogP contribution in [0.3, 0.4) is 0 Å². The lowest BCUT2D eigenvalue weighted by molar-refractivity contribution is 0.0493. The molecule has 0 saturated carbocycles. The fourth-order valence-corrected chi connectivity index (χ4v) is 2.29. The third-order valence-corrected chi connectivity index (χ3v) is 3.43. The van der Waals surface area contributed by atoms with Crippen molar-refractivity contribution < 1.29 is 28.6 Å². The molecule has 3 N–H and O–H groups in total. The number of carbonyl (C=O) groups excluding carboxylic acids is 3. The Morgan fingerprint density at radius 2 is 1.16 bits per heavy atom. The Morgan fingerprint density at radius 3 is 1.53 bits per heavy atom. The van der Waals surface area contributed by atoms with E-state index in [2.05, 4.69) is 20.9 Å². The van der Waals surface area contributed by atoms with Crippen molar-refractivity contribution in [2.24, 2.45) is 4.99 Å². The van der Waals surface area contributed by atoms with Crippen molar-refractivity contribution in [3.05, 3.63) is 0 Å². The smallest absolute Gasteiger partial charge is 0.414 e. The first-order valence-electron chi connectivity index (χ1n) is 10.9. The third-order valence-electron chi connectivity index (χ3n) is 3.43. The minimum Gasteiger partial charge on any atom is -0.444 e. The maximum atomic E-state index is 12.1. The zero-order valence-electron chi connectivity index (χ0n) is 21.3. The molecule has 10 nitrogen and oxygen atoms in total. The van der Waals surface area contributed by atoms with E-state index in [1.807, 2.05) is 6.92 Å². The predicted molar refractivity (Wildman–Crippen MR) is 124 cm³/mol. The minimum atomic E-state index is -0.745. The number of hydrogen-bond acceptors (Lipinski definition) is 7. The fourth-order valence-electron chi connectivity index (χ4n) is 2.29. The van der Waals surface area contributed by atoms with Crippen LogP contribution in [0.5, 0.6) is 0 Å². The van der Waals surface area contributed by atoms with Gasteiger partial charge in [0.05, 0.1) is 0 Å². The molecule has 0 radical (unpaired) electrons. The number of alkyl carbamates (subject to hydrolysis) is 3. The quantitative estimate of drug-likeness (QED) is 0.233. The van der Waals surface area contributed by atoms with Crippen LogP contribution in [0.4, 0.5) is 14.4 Å². The van der Waals surface area contributed by atoms with E-state index in [1.54, 1.807) is 62.3 Å². The average Bonchev–Trinajstić information content (AvgIpc) is 2.51. The molecule has 0 heterocycles. The molecule has 1 atom stereocenters. The molecule has 0 bridgehead atoms. The van der Waals surface area contributed by atoms with Crippen molar-refractivity contribution in [1.82, 2.24) is 16.0 Å². The lowest BCUT2D eigenvalue weighted by Crippen LogP contribution is -2.47.